The Morgan fingerprint density at radius 3 is 1.83 bits per heavy atom. The Hall–Kier alpha value is -2.31. The number of carbonyl (C=O) groups is 2. The lowest BCUT2D eigenvalue weighted by molar-refractivity contribution is 0.00585. The van der Waals surface area contributed by atoms with Crippen molar-refractivity contribution < 1.29 is 33.7 Å². The molecule has 6 nitrogen and oxygen atoms in total. The maximum atomic E-state index is 14.5. The number of rotatable bonds is 2. The van der Waals surface area contributed by atoms with Crippen LogP contribution in [0.5, 0.6) is 11.5 Å². The highest BCUT2D eigenvalue weighted by Crippen LogP contribution is 2.35. The highest BCUT2D eigenvalue weighted by Gasteiger charge is 2.31. The highest BCUT2D eigenvalue weighted by molar-refractivity contribution is 5.99. The normalized spacial score (nSPS) is 12.0. The summed E-state index contributed by atoms with van der Waals surface area (Å²) in [5.74, 6) is -5.41. The van der Waals surface area contributed by atoms with E-state index in [0.29, 0.717) is 6.07 Å². The lowest BCUT2D eigenvalue weighted by Crippen LogP contribution is -2.27. The average molecular weight is 328 g/mol. The van der Waals surface area contributed by atoms with Crippen LogP contribution in [0.25, 0.3) is 0 Å². The fourth-order valence-corrected chi connectivity index (χ4v) is 1.63. The SMILES string of the molecule is CC(C)(C)OC(=O)c1cc(O)c(O)c(C(=O)OC(C)(C)C)c1F. The van der Waals surface area contributed by atoms with Crippen molar-refractivity contribution in [1.82, 2.24) is 0 Å². The first-order valence-electron chi connectivity index (χ1n) is 6.94. The minimum Gasteiger partial charge on any atom is -0.504 e. The van der Waals surface area contributed by atoms with E-state index >= 15 is 0 Å². The van der Waals surface area contributed by atoms with Crippen LogP contribution in [0.4, 0.5) is 4.39 Å². The topological polar surface area (TPSA) is 93.1 Å². The Morgan fingerprint density at radius 2 is 1.39 bits per heavy atom. The van der Waals surface area contributed by atoms with Crippen LogP contribution in [0.15, 0.2) is 6.07 Å². The Labute approximate surface area is 133 Å². The van der Waals surface area contributed by atoms with Crippen molar-refractivity contribution >= 4 is 11.9 Å². The summed E-state index contributed by atoms with van der Waals surface area (Å²) >= 11 is 0. The molecule has 0 saturated carbocycles. The number of hydrogen-bond acceptors (Lipinski definition) is 6. The summed E-state index contributed by atoms with van der Waals surface area (Å²) in [5.41, 5.74) is -3.44. The number of carbonyl (C=O) groups excluding carboxylic acids is 2. The van der Waals surface area contributed by atoms with Gasteiger partial charge < -0.3 is 19.7 Å². The second-order valence-electron chi connectivity index (χ2n) is 6.98. The number of hydrogen-bond donors (Lipinski definition) is 2. The molecule has 0 bridgehead atoms. The summed E-state index contributed by atoms with van der Waals surface area (Å²) in [6.07, 6.45) is 0. The standard InChI is InChI=1S/C16H21FO6/c1-15(2,3)22-13(20)8-7-9(18)12(19)10(11(8)17)14(21)23-16(4,5)6/h7,18-19H,1-6H3. The van der Waals surface area contributed by atoms with Crippen LogP contribution in [0, 0.1) is 5.82 Å². The monoisotopic (exact) mass is 328 g/mol. The summed E-state index contributed by atoms with van der Waals surface area (Å²) in [4.78, 5) is 24.0. The highest BCUT2D eigenvalue weighted by atomic mass is 19.1. The molecule has 1 aromatic carbocycles. The molecule has 0 spiro atoms. The number of benzene rings is 1. The Bertz CT molecular complexity index is 637. The first kappa shape index (κ1) is 18.7. The second kappa shape index (κ2) is 6.06. The third-order valence-electron chi connectivity index (χ3n) is 2.44. The van der Waals surface area contributed by atoms with E-state index in [1.807, 2.05) is 0 Å². The zero-order valence-corrected chi connectivity index (χ0v) is 14.0. The molecular formula is C16H21FO6. The van der Waals surface area contributed by atoms with Gasteiger partial charge in [0.1, 0.15) is 22.3 Å². The molecule has 2 N–H and O–H groups in total. The van der Waals surface area contributed by atoms with Gasteiger partial charge in [-0.15, -0.1) is 0 Å². The van der Waals surface area contributed by atoms with Gasteiger partial charge >= 0.3 is 11.9 Å². The van der Waals surface area contributed by atoms with Crippen LogP contribution in [0.3, 0.4) is 0 Å². The molecule has 1 aromatic rings. The Balaban J connectivity index is 3.38. The molecule has 0 radical (unpaired) electrons. The van der Waals surface area contributed by atoms with Crippen LogP contribution in [-0.2, 0) is 9.47 Å². The van der Waals surface area contributed by atoms with Gasteiger partial charge in [0.25, 0.3) is 0 Å². The number of aromatic hydroxyl groups is 2. The van der Waals surface area contributed by atoms with E-state index in [4.69, 9.17) is 9.47 Å². The summed E-state index contributed by atoms with van der Waals surface area (Å²) in [6, 6.07) is 0.701. The van der Waals surface area contributed by atoms with Crippen LogP contribution >= 0.6 is 0 Å². The molecule has 23 heavy (non-hydrogen) atoms. The van der Waals surface area contributed by atoms with Crippen molar-refractivity contribution in [2.45, 2.75) is 52.7 Å². The van der Waals surface area contributed by atoms with E-state index in [1.54, 1.807) is 41.5 Å². The summed E-state index contributed by atoms with van der Waals surface area (Å²) < 4.78 is 24.5. The van der Waals surface area contributed by atoms with Crippen molar-refractivity contribution in [3.8, 4) is 11.5 Å². The molecule has 0 amide bonds. The number of phenolic OH excluding ortho intramolecular Hbond substituents is 2. The zero-order chi connectivity index (χ0) is 18.2. The van der Waals surface area contributed by atoms with E-state index in [-0.39, 0.29) is 0 Å². The molecule has 128 valence electrons. The average Bonchev–Trinajstić information content (AvgIpc) is 2.29. The van der Waals surface area contributed by atoms with Gasteiger partial charge in [0, 0.05) is 6.07 Å². The minimum absolute atomic E-state index is 0.670. The van der Waals surface area contributed by atoms with Gasteiger partial charge in [0.15, 0.2) is 17.3 Å². The van der Waals surface area contributed by atoms with Gasteiger partial charge in [-0.3, -0.25) is 0 Å². The van der Waals surface area contributed by atoms with Crippen molar-refractivity contribution in [2.75, 3.05) is 0 Å². The molecule has 0 aliphatic rings. The molecular weight excluding hydrogens is 307 g/mol. The number of esters is 2. The molecule has 0 atom stereocenters. The van der Waals surface area contributed by atoms with Crippen LogP contribution < -0.4 is 0 Å². The summed E-state index contributed by atoms with van der Waals surface area (Å²) in [7, 11) is 0. The minimum atomic E-state index is -1.32. The first-order chi connectivity index (χ1) is 10.2. The Morgan fingerprint density at radius 1 is 0.957 bits per heavy atom. The molecule has 1 rings (SSSR count). The third kappa shape index (κ3) is 4.84. The molecule has 0 aromatic heterocycles. The zero-order valence-electron chi connectivity index (χ0n) is 14.0. The molecule has 0 aliphatic heterocycles. The van der Waals surface area contributed by atoms with E-state index in [2.05, 4.69) is 0 Å². The van der Waals surface area contributed by atoms with E-state index in [0.717, 1.165) is 0 Å². The van der Waals surface area contributed by atoms with Crippen LogP contribution in [0.2, 0.25) is 0 Å². The van der Waals surface area contributed by atoms with Gasteiger partial charge in [-0.05, 0) is 41.5 Å². The molecule has 0 aliphatic carbocycles. The molecule has 0 unspecified atom stereocenters. The van der Waals surface area contributed by atoms with Crippen molar-refractivity contribution in [3.05, 3.63) is 23.0 Å². The fraction of sp³-hybridized carbons (Fsp3) is 0.500. The smallest absolute Gasteiger partial charge is 0.345 e. The molecule has 0 heterocycles. The molecule has 0 fully saturated rings. The summed E-state index contributed by atoms with van der Waals surface area (Å²) in [5, 5.41) is 19.4. The Kier molecular flexibility index (Phi) is 4.94. The van der Waals surface area contributed by atoms with Crippen LogP contribution in [-0.4, -0.2) is 33.4 Å². The van der Waals surface area contributed by atoms with Gasteiger partial charge in [-0.1, -0.05) is 0 Å². The summed E-state index contributed by atoms with van der Waals surface area (Å²) in [6.45, 7) is 9.40. The quantitative estimate of drug-likeness (QED) is 0.640. The number of ether oxygens (including phenoxy) is 2. The predicted molar refractivity (Wildman–Crippen MR) is 80.1 cm³/mol. The van der Waals surface area contributed by atoms with Crippen molar-refractivity contribution in [1.29, 1.82) is 0 Å². The third-order valence-corrected chi connectivity index (χ3v) is 2.44. The van der Waals surface area contributed by atoms with E-state index in [1.165, 1.54) is 0 Å². The fourth-order valence-electron chi connectivity index (χ4n) is 1.63. The maximum absolute atomic E-state index is 14.5. The van der Waals surface area contributed by atoms with Crippen molar-refractivity contribution in [2.24, 2.45) is 0 Å². The largest absolute Gasteiger partial charge is 0.504 e. The lowest BCUT2D eigenvalue weighted by Gasteiger charge is -2.22. The molecule has 0 saturated heterocycles. The second-order valence-corrected chi connectivity index (χ2v) is 6.98. The van der Waals surface area contributed by atoms with Crippen LogP contribution in [0.1, 0.15) is 62.3 Å². The first-order valence-corrected chi connectivity index (χ1v) is 6.94. The van der Waals surface area contributed by atoms with Gasteiger partial charge in [0.2, 0.25) is 0 Å². The van der Waals surface area contributed by atoms with Gasteiger partial charge in [-0.25, -0.2) is 14.0 Å². The predicted octanol–water partition coefficient (Wildman–Crippen LogP) is 3.15. The van der Waals surface area contributed by atoms with E-state index in [9.17, 15) is 24.2 Å². The van der Waals surface area contributed by atoms with E-state index < -0.39 is 51.6 Å². The van der Waals surface area contributed by atoms with Gasteiger partial charge in [0.05, 0.1) is 0 Å². The maximum Gasteiger partial charge on any atom is 0.345 e. The lowest BCUT2D eigenvalue weighted by atomic mass is 10.1. The molecule has 7 heteroatoms. The van der Waals surface area contributed by atoms with Gasteiger partial charge in [-0.2, -0.15) is 0 Å². The van der Waals surface area contributed by atoms with Crippen molar-refractivity contribution in [3.63, 3.8) is 0 Å². The number of halogens is 1. The number of phenols is 2.